The fourth-order valence-electron chi connectivity index (χ4n) is 1.86. The van der Waals surface area contributed by atoms with Gasteiger partial charge in [0, 0.05) is 11.1 Å². The van der Waals surface area contributed by atoms with E-state index in [2.05, 4.69) is 4.72 Å². The van der Waals surface area contributed by atoms with E-state index >= 15 is 0 Å². The van der Waals surface area contributed by atoms with Crippen molar-refractivity contribution >= 4 is 39.1 Å². The quantitative estimate of drug-likeness (QED) is 0.839. The Balaban J connectivity index is 2.19. The minimum absolute atomic E-state index is 0.00586. The standard InChI is InChI=1S/C11H15ClN2O2S2/c12-8-1-2-11(10(13)7-8)18(15,16)14-9-3-5-17-6-4-9/h1-2,7,9,14H,3-6,13H2. The maximum atomic E-state index is 12.2. The van der Waals surface area contributed by atoms with Gasteiger partial charge in [-0.2, -0.15) is 11.8 Å². The van der Waals surface area contributed by atoms with Crippen LogP contribution < -0.4 is 10.5 Å². The average Bonchev–Trinajstić information content (AvgIpc) is 2.29. The molecule has 1 aromatic rings. The van der Waals surface area contributed by atoms with Gasteiger partial charge in [0.25, 0.3) is 0 Å². The first-order chi connectivity index (χ1) is 8.49. The Bertz CT molecular complexity index is 528. The van der Waals surface area contributed by atoms with Crippen molar-refractivity contribution in [3.8, 4) is 0 Å². The summed E-state index contributed by atoms with van der Waals surface area (Å²) in [5.74, 6) is 1.98. The van der Waals surface area contributed by atoms with Crippen LogP contribution in [0.25, 0.3) is 0 Å². The molecule has 1 fully saturated rings. The molecule has 7 heteroatoms. The van der Waals surface area contributed by atoms with Gasteiger partial charge in [-0.05, 0) is 42.5 Å². The Hall–Kier alpha value is -0.430. The molecule has 100 valence electrons. The number of benzene rings is 1. The number of hydrogen-bond acceptors (Lipinski definition) is 4. The highest BCUT2D eigenvalue weighted by molar-refractivity contribution is 7.99. The van der Waals surface area contributed by atoms with Gasteiger partial charge in [0.2, 0.25) is 10.0 Å². The molecule has 1 aliphatic rings. The summed E-state index contributed by atoms with van der Waals surface area (Å²) in [7, 11) is -3.55. The SMILES string of the molecule is Nc1cc(Cl)ccc1S(=O)(=O)NC1CCSCC1. The molecule has 1 saturated heterocycles. The zero-order valence-corrected chi connectivity index (χ0v) is 12.1. The highest BCUT2D eigenvalue weighted by Gasteiger charge is 2.23. The van der Waals surface area contributed by atoms with E-state index in [4.69, 9.17) is 17.3 Å². The number of rotatable bonds is 3. The molecule has 0 aromatic heterocycles. The summed E-state index contributed by atoms with van der Waals surface area (Å²) >= 11 is 7.61. The highest BCUT2D eigenvalue weighted by Crippen LogP contribution is 2.24. The van der Waals surface area contributed by atoms with Crippen LogP contribution in [-0.4, -0.2) is 26.0 Å². The Morgan fingerprint density at radius 3 is 2.61 bits per heavy atom. The van der Waals surface area contributed by atoms with Crippen molar-refractivity contribution in [2.45, 2.75) is 23.8 Å². The smallest absolute Gasteiger partial charge is 0.242 e. The molecule has 1 aromatic carbocycles. The molecule has 4 nitrogen and oxygen atoms in total. The maximum absolute atomic E-state index is 12.2. The lowest BCUT2D eigenvalue weighted by molar-refractivity contribution is 0.529. The molecule has 0 saturated carbocycles. The van der Waals surface area contributed by atoms with Gasteiger partial charge in [-0.25, -0.2) is 13.1 Å². The third kappa shape index (κ3) is 3.32. The minimum atomic E-state index is -3.55. The summed E-state index contributed by atoms with van der Waals surface area (Å²) in [5, 5.41) is 0.431. The van der Waals surface area contributed by atoms with Gasteiger partial charge < -0.3 is 5.73 Å². The number of sulfonamides is 1. The average molecular weight is 307 g/mol. The van der Waals surface area contributed by atoms with Crippen LogP contribution in [-0.2, 0) is 10.0 Å². The van der Waals surface area contributed by atoms with Crippen molar-refractivity contribution in [2.75, 3.05) is 17.2 Å². The van der Waals surface area contributed by atoms with E-state index in [9.17, 15) is 8.42 Å². The van der Waals surface area contributed by atoms with E-state index in [0.717, 1.165) is 24.3 Å². The molecule has 1 aliphatic heterocycles. The summed E-state index contributed by atoms with van der Waals surface area (Å²) in [5.41, 5.74) is 5.89. The van der Waals surface area contributed by atoms with Crippen LogP contribution in [0.4, 0.5) is 5.69 Å². The van der Waals surface area contributed by atoms with Crippen LogP contribution >= 0.6 is 23.4 Å². The van der Waals surface area contributed by atoms with Crippen molar-refractivity contribution in [1.29, 1.82) is 0 Å². The second kappa shape index (κ2) is 5.69. The van der Waals surface area contributed by atoms with Crippen molar-refractivity contribution in [3.05, 3.63) is 23.2 Å². The molecule has 0 bridgehead atoms. The van der Waals surface area contributed by atoms with Crippen LogP contribution in [0.2, 0.25) is 5.02 Å². The summed E-state index contributed by atoms with van der Waals surface area (Å²) in [6.07, 6.45) is 1.72. The number of thioether (sulfide) groups is 1. The minimum Gasteiger partial charge on any atom is -0.398 e. The maximum Gasteiger partial charge on any atom is 0.242 e. The van der Waals surface area contributed by atoms with Gasteiger partial charge in [-0.15, -0.1) is 0 Å². The normalized spacial score (nSPS) is 17.8. The van der Waals surface area contributed by atoms with Crippen LogP contribution in [0.15, 0.2) is 23.1 Å². The Morgan fingerprint density at radius 1 is 1.33 bits per heavy atom. The van der Waals surface area contributed by atoms with Crippen molar-refractivity contribution in [1.82, 2.24) is 4.72 Å². The van der Waals surface area contributed by atoms with Crippen LogP contribution in [0.1, 0.15) is 12.8 Å². The lowest BCUT2D eigenvalue weighted by Gasteiger charge is -2.22. The monoisotopic (exact) mass is 306 g/mol. The van der Waals surface area contributed by atoms with E-state index < -0.39 is 10.0 Å². The topological polar surface area (TPSA) is 72.2 Å². The predicted molar refractivity (Wildman–Crippen MR) is 76.5 cm³/mol. The van der Waals surface area contributed by atoms with E-state index in [-0.39, 0.29) is 16.6 Å². The number of nitrogens with one attached hydrogen (secondary N) is 1. The molecule has 0 aliphatic carbocycles. The molecule has 0 radical (unpaired) electrons. The van der Waals surface area contributed by atoms with E-state index in [0.29, 0.717) is 5.02 Å². The fraction of sp³-hybridized carbons (Fsp3) is 0.455. The first-order valence-corrected chi connectivity index (χ1v) is 8.66. The highest BCUT2D eigenvalue weighted by atomic mass is 35.5. The molecule has 18 heavy (non-hydrogen) atoms. The lowest BCUT2D eigenvalue weighted by atomic mass is 10.2. The summed E-state index contributed by atoms with van der Waals surface area (Å²) in [6.45, 7) is 0. The predicted octanol–water partition coefficient (Wildman–Crippen LogP) is 2.10. The van der Waals surface area contributed by atoms with E-state index in [1.165, 1.54) is 18.2 Å². The summed E-state index contributed by atoms with van der Waals surface area (Å²) in [6, 6.07) is 4.43. The van der Waals surface area contributed by atoms with E-state index in [1.807, 2.05) is 11.8 Å². The number of nitrogens with two attached hydrogens (primary N) is 1. The molecule has 3 N–H and O–H groups in total. The Morgan fingerprint density at radius 2 is 2.00 bits per heavy atom. The number of anilines is 1. The fourth-order valence-corrected chi connectivity index (χ4v) is 4.57. The second-order valence-corrected chi connectivity index (χ2v) is 7.53. The zero-order valence-electron chi connectivity index (χ0n) is 9.73. The first kappa shape index (κ1) is 14.0. The summed E-state index contributed by atoms with van der Waals surface area (Å²) in [4.78, 5) is 0.102. The molecule has 0 amide bonds. The van der Waals surface area contributed by atoms with Crippen LogP contribution in [0.5, 0.6) is 0 Å². The van der Waals surface area contributed by atoms with Crippen LogP contribution in [0, 0.1) is 0 Å². The molecule has 2 rings (SSSR count). The summed E-state index contributed by atoms with van der Waals surface area (Å²) < 4.78 is 27.1. The molecular weight excluding hydrogens is 292 g/mol. The second-order valence-electron chi connectivity index (χ2n) is 4.19. The van der Waals surface area contributed by atoms with Gasteiger partial charge in [0.15, 0.2) is 0 Å². The van der Waals surface area contributed by atoms with Crippen LogP contribution in [0.3, 0.4) is 0 Å². The van der Waals surface area contributed by atoms with Gasteiger partial charge in [0.1, 0.15) is 4.90 Å². The number of nitrogen functional groups attached to an aromatic ring is 1. The first-order valence-electron chi connectivity index (χ1n) is 5.64. The number of halogens is 1. The third-order valence-corrected chi connectivity index (χ3v) is 5.68. The molecule has 0 unspecified atom stereocenters. The molecular formula is C11H15ClN2O2S2. The number of hydrogen-bond donors (Lipinski definition) is 2. The van der Waals surface area contributed by atoms with Gasteiger partial charge in [0.05, 0.1) is 5.69 Å². The van der Waals surface area contributed by atoms with E-state index in [1.54, 1.807) is 0 Å². The van der Waals surface area contributed by atoms with Crippen molar-refractivity contribution in [3.63, 3.8) is 0 Å². The van der Waals surface area contributed by atoms with Crippen molar-refractivity contribution in [2.24, 2.45) is 0 Å². The molecule has 1 heterocycles. The Labute approximate surface area is 116 Å². The molecule has 0 spiro atoms. The zero-order chi connectivity index (χ0) is 13.2. The third-order valence-electron chi connectivity index (χ3n) is 2.80. The largest absolute Gasteiger partial charge is 0.398 e. The Kier molecular flexibility index (Phi) is 4.42. The van der Waals surface area contributed by atoms with Gasteiger partial charge >= 0.3 is 0 Å². The molecule has 0 atom stereocenters. The lowest BCUT2D eigenvalue weighted by Crippen LogP contribution is -2.37. The van der Waals surface area contributed by atoms with Gasteiger partial charge in [-0.3, -0.25) is 0 Å². The van der Waals surface area contributed by atoms with Crippen molar-refractivity contribution < 1.29 is 8.42 Å². The van der Waals surface area contributed by atoms with Gasteiger partial charge in [-0.1, -0.05) is 11.6 Å².